The summed E-state index contributed by atoms with van der Waals surface area (Å²) in [6.07, 6.45) is 1.92. The number of carbonyl (C=O) groups is 2. The summed E-state index contributed by atoms with van der Waals surface area (Å²) in [6.45, 7) is 3.54. The summed E-state index contributed by atoms with van der Waals surface area (Å²) in [5.74, 6) is -1.83. The molecule has 0 fully saturated rings. The first-order chi connectivity index (χ1) is 12.5. The number of benzene rings is 1. The van der Waals surface area contributed by atoms with Gasteiger partial charge in [0.05, 0.1) is 22.2 Å². The number of aryl methyl sites for hydroxylation is 1. The lowest BCUT2D eigenvalue weighted by atomic mass is 10.0. The number of carbonyl (C=O) groups excluding carboxylic acids is 1. The van der Waals surface area contributed by atoms with Gasteiger partial charge in [0.1, 0.15) is 0 Å². The summed E-state index contributed by atoms with van der Waals surface area (Å²) >= 11 is 0.817. The smallest absolute Gasteiger partial charge is 0.342 e. The summed E-state index contributed by atoms with van der Waals surface area (Å²) in [5, 5.41) is 22.7. The Morgan fingerprint density at radius 1 is 1.35 bits per heavy atom. The second-order valence-electron chi connectivity index (χ2n) is 5.46. The van der Waals surface area contributed by atoms with E-state index in [0.29, 0.717) is 23.7 Å². The Bertz CT molecular complexity index is 891. The Morgan fingerprint density at radius 3 is 2.69 bits per heavy atom. The summed E-state index contributed by atoms with van der Waals surface area (Å²) in [7, 11) is 0. The fourth-order valence-corrected chi connectivity index (χ4v) is 3.04. The van der Waals surface area contributed by atoms with Crippen LogP contribution in [0.5, 0.6) is 0 Å². The van der Waals surface area contributed by atoms with Crippen molar-refractivity contribution in [3.63, 3.8) is 0 Å². The van der Waals surface area contributed by atoms with Crippen molar-refractivity contribution in [3.05, 3.63) is 47.2 Å². The Labute approximate surface area is 153 Å². The first kappa shape index (κ1) is 17.9. The average Bonchev–Trinajstić information content (AvgIpc) is 3.20. The van der Waals surface area contributed by atoms with Gasteiger partial charge in [0.15, 0.2) is 0 Å². The van der Waals surface area contributed by atoms with E-state index in [9.17, 15) is 14.7 Å². The minimum atomic E-state index is -1.18. The van der Waals surface area contributed by atoms with Crippen molar-refractivity contribution in [2.75, 3.05) is 5.01 Å². The van der Waals surface area contributed by atoms with Crippen LogP contribution in [-0.2, 0) is 16.0 Å². The first-order valence-electron chi connectivity index (χ1n) is 7.89. The van der Waals surface area contributed by atoms with Gasteiger partial charge in [-0.05, 0) is 36.9 Å². The topological polar surface area (TPSA) is 109 Å². The minimum absolute atomic E-state index is 0.0703. The number of anilines is 1. The van der Waals surface area contributed by atoms with Crippen LogP contribution >= 0.6 is 11.8 Å². The molecule has 1 atom stereocenters. The Hall–Kier alpha value is -2.94. The van der Waals surface area contributed by atoms with Crippen LogP contribution in [0.2, 0.25) is 0 Å². The molecule has 0 bridgehead atoms. The highest BCUT2D eigenvalue weighted by Crippen LogP contribution is 2.30. The predicted octanol–water partition coefficient (Wildman–Crippen LogP) is 2.73. The van der Waals surface area contributed by atoms with Gasteiger partial charge in [-0.15, -0.1) is 10.2 Å². The number of hydrogen-bond donors (Lipinski definition) is 1. The minimum Gasteiger partial charge on any atom is -0.477 e. The molecule has 1 amide bonds. The molecule has 134 valence electrons. The lowest BCUT2D eigenvalue weighted by Crippen LogP contribution is -2.26. The molecule has 0 radical (unpaired) electrons. The van der Waals surface area contributed by atoms with Gasteiger partial charge in [-0.25, -0.2) is 4.79 Å². The van der Waals surface area contributed by atoms with Crippen molar-refractivity contribution in [3.8, 4) is 0 Å². The van der Waals surface area contributed by atoms with Crippen molar-refractivity contribution >= 4 is 35.0 Å². The summed E-state index contributed by atoms with van der Waals surface area (Å²) in [6, 6.07) is 8.97. The number of hydrogen-bond acceptors (Lipinski definition) is 7. The zero-order valence-electron chi connectivity index (χ0n) is 14.1. The van der Waals surface area contributed by atoms with Gasteiger partial charge in [0, 0.05) is 6.42 Å². The highest BCUT2D eigenvalue weighted by Gasteiger charge is 2.34. The third-order valence-electron chi connectivity index (χ3n) is 3.66. The fraction of sp³-hybridized carbons (Fsp3) is 0.235. The van der Waals surface area contributed by atoms with E-state index in [2.05, 4.69) is 15.3 Å². The number of aliphatic carboxylic acids is 1. The average molecular weight is 372 g/mol. The van der Waals surface area contributed by atoms with E-state index >= 15 is 0 Å². The second kappa shape index (κ2) is 7.52. The third-order valence-corrected chi connectivity index (χ3v) is 4.53. The maximum absolute atomic E-state index is 12.7. The van der Waals surface area contributed by atoms with E-state index in [1.165, 1.54) is 11.1 Å². The number of aromatic nitrogens is 2. The molecule has 0 unspecified atom stereocenters. The molecule has 1 aliphatic rings. The number of carboxylic acids is 1. The standard InChI is InChI=1S/C17H16N4O4S/c1-3-14-18-19-17(25-14)26-13(16(23)24)9-12-10(2)20-21(15(12)22)11-7-5-4-6-8-11/h4-9,12H,3H2,1-2H3,(H,23,24)/b13-9+/t12-/m0/s1. The summed E-state index contributed by atoms with van der Waals surface area (Å²) in [5.41, 5.74) is 1.14. The van der Waals surface area contributed by atoms with Crippen LogP contribution in [0.25, 0.3) is 0 Å². The van der Waals surface area contributed by atoms with Gasteiger partial charge in [0.2, 0.25) is 5.89 Å². The van der Waals surface area contributed by atoms with Crippen molar-refractivity contribution in [2.24, 2.45) is 11.0 Å². The number of amides is 1. The van der Waals surface area contributed by atoms with Crippen molar-refractivity contribution < 1.29 is 19.1 Å². The Morgan fingerprint density at radius 2 is 2.08 bits per heavy atom. The van der Waals surface area contributed by atoms with Gasteiger partial charge in [-0.2, -0.15) is 10.1 Å². The van der Waals surface area contributed by atoms with Gasteiger partial charge < -0.3 is 9.52 Å². The van der Waals surface area contributed by atoms with E-state index in [1.54, 1.807) is 31.2 Å². The number of nitrogens with zero attached hydrogens (tertiary/aromatic N) is 4. The van der Waals surface area contributed by atoms with Crippen LogP contribution in [0.3, 0.4) is 0 Å². The third kappa shape index (κ3) is 3.67. The van der Waals surface area contributed by atoms with E-state index < -0.39 is 11.9 Å². The molecule has 1 aromatic carbocycles. The van der Waals surface area contributed by atoms with E-state index in [0.717, 1.165) is 11.8 Å². The lowest BCUT2D eigenvalue weighted by Gasteiger charge is -2.12. The molecule has 26 heavy (non-hydrogen) atoms. The number of hydrazone groups is 1. The van der Waals surface area contributed by atoms with Gasteiger partial charge >= 0.3 is 5.97 Å². The molecule has 0 aliphatic carbocycles. The molecule has 9 heteroatoms. The van der Waals surface area contributed by atoms with E-state index in [-0.39, 0.29) is 16.0 Å². The van der Waals surface area contributed by atoms with Crippen molar-refractivity contribution in [1.82, 2.24) is 10.2 Å². The van der Waals surface area contributed by atoms with Crippen LogP contribution in [-0.4, -0.2) is 32.9 Å². The summed E-state index contributed by atoms with van der Waals surface area (Å²) in [4.78, 5) is 24.2. The quantitative estimate of drug-likeness (QED) is 0.613. The molecule has 1 N–H and O–H groups in total. The van der Waals surface area contributed by atoms with Gasteiger partial charge in [-0.1, -0.05) is 25.1 Å². The van der Waals surface area contributed by atoms with Crippen LogP contribution in [0.1, 0.15) is 19.7 Å². The zero-order valence-corrected chi connectivity index (χ0v) is 14.9. The van der Waals surface area contributed by atoms with Crippen LogP contribution < -0.4 is 5.01 Å². The lowest BCUT2D eigenvalue weighted by molar-refractivity contribution is -0.131. The van der Waals surface area contributed by atoms with Crippen LogP contribution in [0.4, 0.5) is 5.69 Å². The Kier molecular flexibility index (Phi) is 5.17. The molecule has 0 spiro atoms. The molecule has 8 nitrogen and oxygen atoms in total. The molecule has 3 rings (SSSR count). The summed E-state index contributed by atoms with van der Waals surface area (Å²) < 4.78 is 5.33. The highest BCUT2D eigenvalue weighted by atomic mass is 32.2. The SMILES string of the molecule is CCc1nnc(S/C(=C/[C@@H]2C(=O)N(c3ccccc3)N=C2C)C(=O)O)o1. The van der Waals surface area contributed by atoms with Gasteiger partial charge in [0.25, 0.3) is 11.1 Å². The monoisotopic (exact) mass is 372 g/mol. The maximum atomic E-state index is 12.7. The van der Waals surface area contributed by atoms with E-state index in [1.807, 2.05) is 13.0 Å². The molecule has 2 heterocycles. The molecule has 2 aromatic rings. The van der Waals surface area contributed by atoms with Crippen LogP contribution in [0.15, 0.2) is 56.1 Å². The molecule has 0 saturated heterocycles. The van der Waals surface area contributed by atoms with Crippen molar-refractivity contribution in [1.29, 1.82) is 0 Å². The molecular formula is C17H16N4O4S. The van der Waals surface area contributed by atoms with Crippen LogP contribution in [0, 0.1) is 5.92 Å². The van der Waals surface area contributed by atoms with E-state index in [4.69, 9.17) is 4.42 Å². The zero-order chi connectivity index (χ0) is 18.7. The highest BCUT2D eigenvalue weighted by molar-refractivity contribution is 8.03. The maximum Gasteiger partial charge on any atom is 0.342 e. The molecule has 0 saturated carbocycles. The normalized spacial score (nSPS) is 17.5. The predicted molar refractivity (Wildman–Crippen MR) is 95.8 cm³/mol. The number of carboxylic acid groups (broad SMARTS) is 1. The number of thioether (sulfide) groups is 1. The fourth-order valence-electron chi connectivity index (χ4n) is 2.34. The van der Waals surface area contributed by atoms with Crippen molar-refractivity contribution in [2.45, 2.75) is 25.5 Å². The first-order valence-corrected chi connectivity index (χ1v) is 8.70. The molecule has 1 aliphatic heterocycles. The number of para-hydroxylation sites is 1. The Balaban J connectivity index is 1.85. The second-order valence-corrected chi connectivity index (χ2v) is 6.45. The van der Waals surface area contributed by atoms with Gasteiger partial charge in [-0.3, -0.25) is 4.79 Å². The number of rotatable bonds is 6. The molecular weight excluding hydrogens is 356 g/mol. The largest absolute Gasteiger partial charge is 0.477 e. The molecule has 1 aromatic heterocycles.